The summed E-state index contributed by atoms with van der Waals surface area (Å²) < 4.78 is 0. The Balaban J connectivity index is 2.49. The van der Waals surface area contributed by atoms with Crippen molar-refractivity contribution in [2.24, 2.45) is 0 Å². The Labute approximate surface area is 55.6 Å². The molecular weight excluding hydrogens is 116 g/mol. The van der Waals surface area contributed by atoms with Gasteiger partial charge in [-0.05, 0) is 20.4 Å². The Hall–Kier alpha value is -0.120. The van der Waals surface area contributed by atoms with Gasteiger partial charge in [0.05, 0.1) is 0 Å². The molecule has 0 atom stereocenters. The first kappa shape index (κ1) is 6.99. The number of hydroxylamine groups is 2. The van der Waals surface area contributed by atoms with Crippen LogP contribution in [-0.2, 0) is 0 Å². The Morgan fingerprint density at radius 1 is 1.56 bits per heavy atom. The number of nitrogens with one attached hydrogen (secondary N) is 1. The van der Waals surface area contributed by atoms with Gasteiger partial charge in [0.2, 0.25) is 0 Å². The van der Waals surface area contributed by atoms with Gasteiger partial charge in [-0.25, -0.2) is 0 Å². The summed E-state index contributed by atoms with van der Waals surface area (Å²) in [4.78, 5) is 0. The molecule has 1 aliphatic rings. The third kappa shape index (κ3) is 1.41. The van der Waals surface area contributed by atoms with Crippen molar-refractivity contribution in [3.63, 3.8) is 0 Å². The van der Waals surface area contributed by atoms with Crippen LogP contribution in [0.25, 0.3) is 0 Å². The lowest BCUT2D eigenvalue weighted by molar-refractivity contribution is 0.148. The summed E-state index contributed by atoms with van der Waals surface area (Å²) in [6.45, 7) is 6.15. The number of piperazine rings is 1. The van der Waals surface area contributed by atoms with E-state index in [0.29, 0.717) is 6.54 Å². The third-order valence-corrected chi connectivity index (χ3v) is 1.72. The van der Waals surface area contributed by atoms with E-state index >= 15 is 0 Å². The molecule has 0 spiro atoms. The minimum absolute atomic E-state index is 0.196. The molecule has 0 saturated carbocycles. The van der Waals surface area contributed by atoms with Gasteiger partial charge in [0, 0.05) is 18.6 Å². The predicted octanol–water partition coefficient (Wildman–Crippen LogP) is 0.168. The molecular formula is C6H13N2O-. The first-order valence-corrected chi connectivity index (χ1v) is 3.28. The first-order valence-electron chi connectivity index (χ1n) is 3.28. The maximum absolute atomic E-state index is 11.0. The van der Waals surface area contributed by atoms with Crippen molar-refractivity contribution in [3.05, 3.63) is 5.21 Å². The zero-order chi connectivity index (χ0) is 6.91. The highest BCUT2D eigenvalue weighted by molar-refractivity contribution is 4.88. The molecule has 54 valence electrons. The van der Waals surface area contributed by atoms with E-state index in [0.717, 1.165) is 18.2 Å². The number of nitrogens with zero attached hydrogens (tertiary/aromatic N) is 1. The molecule has 1 saturated heterocycles. The fourth-order valence-electron chi connectivity index (χ4n) is 0.966. The first-order chi connectivity index (χ1) is 4.13. The smallest absolute Gasteiger partial charge is 0.0160 e. The number of hydrogen-bond donors (Lipinski definition) is 1. The van der Waals surface area contributed by atoms with Crippen LogP contribution in [0.3, 0.4) is 0 Å². The standard InChI is InChI=1S/C6H13N2O/c1-6(2)5-7-3-4-8(6)9/h7H,3-5H2,1-2H3/q-1. The highest BCUT2D eigenvalue weighted by atomic mass is 16.5. The summed E-state index contributed by atoms with van der Waals surface area (Å²) in [7, 11) is 0. The van der Waals surface area contributed by atoms with Crippen molar-refractivity contribution in [1.29, 1.82) is 0 Å². The fraction of sp³-hybridized carbons (Fsp3) is 1.00. The Morgan fingerprint density at radius 2 is 2.22 bits per heavy atom. The van der Waals surface area contributed by atoms with Gasteiger partial charge in [-0.15, -0.1) is 0 Å². The van der Waals surface area contributed by atoms with Crippen LogP contribution in [-0.4, -0.2) is 30.2 Å². The molecule has 1 heterocycles. The van der Waals surface area contributed by atoms with Crippen molar-refractivity contribution in [2.75, 3.05) is 19.6 Å². The zero-order valence-electron chi connectivity index (χ0n) is 5.98. The molecule has 0 aliphatic carbocycles. The van der Waals surface area contributed by atoms with Crippen LogP contribution in [0.15, 0.2) is 0 Å². The van der Waals surface area contributed by atoms with Gasteiger partial charge in [0.15, 0.2) is 0 Å². The number of rotatable bonds is 0. The van der Waals surface area contributed by atoms with Gasteiger partial charge in [-0.1, -0.05) is 0 Å². The molecule has 9 heavy (non-hydrogen) atoms. The predicted molar refractivity (Wildman–Crippen MR) is 37.0 cm³/mol. The molecule has 0 amide bonds. The second-order valence-electron chi connectivity index (χ2n) is 3.09. The van der Waals surface area contributed by atoms with Gasteiger partial charge in [0.25, 0.3) is 0 Å². The van der Waals surface area contributed by atoms with Crippen LogP contribution in [0.1, 0.15) is 13.8 Å². The molecule has 1 aliphatic heterocycles. The lowest BCUT2D eigenvalue weighted by Gasteiger charge is -2.47. The molecule has 0 radical (unpaired) electrons. The van der Waals surface area contributed by atoms with E-state index in [-0.39, 0.29) is 5.54 Å². The highest BCUT2D eigenvalue weighted by Gasteiger charge is 2.21. The molecule has 1 rings (SSSR count). The van der Waals surface area contributed by atoms with E-state index in [1.165, 1.54) is 0 Å². The maximum Gasteiger partial charge on any atom is 0.0160 e. The zero-order valence-corrected chi connectivity index (χ0v) is 5.98. The van der Waals surface area contributed by atoms with Gasteiger partial charge in [-0.3, -0.25) is 0 Å². The quantitative estimate of drug-likeness (QED) is 0.506. The minimum atomic E-state index is -0.196. The van der Waals surface area contributed by atoms with Crippen molar-refractivity contribution in [1.82, 2.24) is 10.4 Å². The summed E-state index contributed by atoms with van der Waals surface area (Å²) >= 11 is 0. The van der Waals surface area contributed by atoms with E-state index in [4.69, 9.17) is 0 Å². The van der Waals surface area contributed by atoms with Crippen LogP contribution in [0.5, 0.6) is 0 Å². The van der Waals surface area contributed by atoms with Crippen molar-refractivity contribution < 1.29 is 0 Å². The number of hydrogen-bond acceptors (Lipinski definition) is 3. The topological polar surface area (TPSA) is 38.3 Å². The molecule has 3 nitrogen and oxygen atoms in total. The Kier molecular flexibility index (Phi) is 1.75. The lowest BCUT2D eigenvalue weighted by Crippen LogP contribution is -2.55. The Bertz CT molecular complexity index is 103. The average Bonchev–Trinajstić information content (AvgIpc) is 1.77. The van der Waals surface area contributed by atoms with Crippen LogP contribution < -0.4 is 5.32 Å². The summed E-state index contributed by atoms with van der Waals surface area (Å²) in [5, 5.41) is 15.3. The van der Waals surface area contributed by atoms with Crippen molar-refractivity contribution >= 4 is 0 Å². The molecule has 1 fully saturated rings. The summed E-state index contributed by atoms with van der Waals surface area (Å²) in [5.41, 5.74) is -0.196. The van der Waals surface area contributed by atoms with Crippen LogP contribution >= 0.6 is 0 Å². The molecule has 0 aromatic carbocycles. The molecule has 1 N–H and O–H groups in total. The summed E-state index contributed by atoms with van der Waals surface area (Å²) in [5.74, 6) is 0. The van der Waals surface area contributed by atoms with Gasteiger partial charge < -0.3 is 15.6 Å². The normalized spacial score (nSPS) is 28.3. The van der Waals surface area contributed by atoms with Gasteiger partial charge in [-0.2, -0.15) is 0 Å². The van der Waals surface area contributed by atoms with E-state index in [1.807, 2.05) is 13.8 Å². The molecule has 0 bridgehead atoms. The van der Waals surface area contributed by atoms with Crippen LogP contribution in [0, 0.1) is 5.21 Å². The van der Waals surface area contributed by atoms with Gasteiger partial charge >= 0.3 is 0 Å². The second kappa shape index (κ2) is 2.25. The SMILES string of the molecule is CC1(C)CNCCN1[O-]. The molecule has 0 aromatic rings. The maximum atomic E-state index is 11.0. The third-order valence-electron chi connectivity index (χ3n) is 1.72. The Morgan fingerprint density at radius 3 is 2.56 bits per heavy atom. The largest absolute Gasteiger partial charge is 0.785 e. The lowest BCUT2D eigenvalue weighted by atomic mass is 10.0. The fourth-order valence-corrected chi connectivity index (χ4v) is 0.966. The van der Waals surface area contributed by atoms with Crippen molar-refractivity contribution in [2.45, 2.75) is 19.4 Å². The van der Waals surface area contributed by atoms with E-state index < -0.39 is 0 Å². The van der Waals surface area contributed by atoms with E-state index in [2.05, 4.69) is 5.32 Å². The van der Waals surface area contributed by atoms with Crippen LogP contribution in [0.4, 0.5) is 0 Å². The van der Waals surface area contributed by atoms with Crippen LogP contribution in [0.2, 0.25) is 0 Å². The summed E-state index contributed by atoms with van der Waals surface area (Å²) in [6.07, 6.45) is 0. The monoisotopic (exact) mass is 129 g/mol. The highest BCUT2D eigenvalue weighted by Crippen LogP contribution is 2.13. The molecule has 3 heteroatoms. The molecule has 0 aromatic heterocycles. The van der Waals surface area contributed by atoms with Crippen molar-refractivity contribution in [3.8, 4) is 0 Å². The average molecular weight is 129 g/mol. The second-order valence-corrected chi connectivity index (χ2v) is 3.09. The minimum Gasteiger partial charge on any atom is -0.785 e. The summed E-state index contributed by atoms with van der Waals surface area (Å²) in [6, 6.07) is 0. The van der Waals surface area contributed by atoms with E-state index in [9.17, 15) is 5.21 Å². The van der Waals surface area contributed by atoms with Gasteiger partial charge in [0.1, 0.15) is 0 Å². The molecule has 0 unspecified atom stereocenters. The van der Waals surface area contributed by atoms with E-state index in [1.54, 1.807) is 0 Å².